The van der Waals surface area contributed by atoms with Crippen LogP contribution in [0.25, 0.3) is 0 Å². The highest BCUT2D eigenvalue weighted by molar-refractivity contribution is 5.85. The summed E-state index contributed by atoms with van der Waals surface area (Å²) < 4.78 is 0. The van der Waals surface area contributed by atoms with E-state index in [-0.39, 0.29) is 42.2 Å². The van der Waals surface area contributed by atoms with E-state index in [9.17, 15) is 4.79 Å². The van der Waals surface area contributed by atoms with Gasteiger partial charge in [0.05, 0.1) is 0 Å². The van der Waals surface area contributed by atoms with Gasteiger partial charge in [-0.05, 0) is 30.0 Å². The molecule has 144 valence electrons. The van der Waals surface area contributed by atoms with Crippen LogP contribution >= 0.6 is 24.8 Å². The van der Waals surface area contributed by atoms with Crippen LogP contribution in [0.3, 0.4) is 0 Å². The first-order chi connectivity index (χ1) is 10.9. The summed E-state index contributed by atoms with van der Waals surface area (Å²) in [4.78, 5) is 14.6. The highest BCUT2D eigenvalue weighted by Crippen LogP contribution is 2.24. The molecule has 0 saturated carbocycles. The lowest BCUT2D eigenvalue weighted by molar-refractivity contribution is -0.122. The number of hydrogen-bond acceptors (Lipinski definition) is 3. The molecule has 6 heteroatoms. The van der Waals surface area contributed by atoms with Crippen molar-refractivity contribution in [2.24, 2.45) is 5.41 Å². The van der Waals surface area contributed by atoms with Gasteiger partial charge in [0, 0.05) is 38.6 Å². The van der Waals surface area contributed by atoms with Crippen LogP contribution in [-0.4, -0.2) is 43.5 Å². The number of fused-ring (bicyclic) bond motifs is 1. The van der Waals surface area contributed by atoms with Crippen molar-refractivity contribution in [1.29, 1.82) is 0 Å². The fourth-order valence-corrected chi connectivity index (χ4v) is 3.01. The second-order valence-corrected chi connectivity index (χ2v) is 7.59. The van der Waals surface area contributed by atoms with Gasteiger partial charge in [-0.3, -0.25) is 9.69 Å². The molecule has 0 spiro atoms. The van der Waals surface area contributed by atoms with Gasteiger partial charge in [-0.25, -0.2) is 0 Å². The zero-order valence-electron chi connectivity index (χ0n) is 15.8. The van der Waals surface area contributed by atoms with Gasteiger partial charge in [0.15, 0.2) is 0 Å². The van der Waals surface area contributed by atoms with Crippen LogP contribution in [0.1, 0.15) is 38.3 Å². The fourth-order valence-electron chi connectivity index (χ4n) is 3.01. The first kappa shape index (κ1) is 24.2. The molecule has 1 atom stereocenters. The molecule has 1 aliphatic rings. The first-order valence-corrected chi connectivity index (χ1v) is 8.63. The third-order valence-electron chi connectivity index (χ3n) is 4.63. The summed E-state index contributed by atoms with van der Waals surface area (Å²) in [5.74, 6) is 0.136. The van der Waals surface area contributed by atoms with E-state index in [1.54, 1.807) is 0 Å². The molecule has 25 heavy (non-hydrogen) atoms. The van der Waals surface area contributed by atoms with Crippen LogP contribution in [0.4, 0.5) is 0 Å². The summed E-state index contributed by atoms with van der Waals surface area (Å²) in [6.07, 6.45) is 1.63. The number of hydrogen-bond donors (Lipinski definition) is 2. The average molecular weight is 390 g/mol. The smallest absolute Gasteiger partial charge is 0.221 e. The molecule has 1 unspecified atom stereocenters. The van der Waals surface area contributed by atoms with Crippen molar-refractivity contribution in [2.75, 3.05) is 26.7 Å². The normalized spacial score (nSPS) is 15.4. The molecule has 1 heterocycles. The Bertz CT molecular complexity index is 532. The van der Waals surface area contributed by atoms with Crippen LogP contribution in [0.15, 0.2) is 24.3 Å². The molecule has 1 aliphatic heterocycles. The number of halogens is 2. The molecule has 0 radical (unpaired) electrons. The van der Waals surface area contributed by atoms with Gasteiger partial charge in [0.1, 0.15) is 0 Å². The Morgan fingerprint density at radius 2 is 1.84 bits per heavy atom. The van der Waals surface area contributed by atoms with E-state index in [0.29, 0.717) is 6.42 Å². The number of amides is 1. The summed E-state index contributed by atoms with van der Waals surface area (Å²) in [6, 6.07) is 8.85. The Hall–Kier alpha value is -0.810. The van der Waals surface area contributed by atoms with Crippen LogP contribution in [-0.2, 0) is 17.8 Å². The standard InChI is InChI=1S/C19H31N3O.2ClH/c1-19(2,3)17(21-18(23)9-11-20-4)14-22-12-10-15-7-5-6-8-16(15)13-22;;/h5-8,17,20H,9-14H2,1-4H3,(H,21,23);2*1H. The van der Waals surface area contributed by atoms with E-state index in [1.165, 1.54) is 11.1 Å². The molecule has 1 aromatic carbocycles. The largest absolute Gasteiger partial charge is 0.352 e. The molecule has 0 saturated heterocycles. The number of carbonyl (C=O) groups is 1. The first-order valence-electron chi connectivity index (χ1n) is 8.63. The molecular weight excluding hydrogens is 357 g/mol. The molecular formula is C19H33Cl2N3O. The lowest BCUT2D eigenvalue weighted by Gasteiger charge is -2.38. The van der Waals surface area contributed by atoms with Gasteiger partial charge in [0.2, 0.25) is 5.91 Å². The Labute approximate surface area is 164 Å². The maximum absolute atomic E-state index is 12.1. The molecule has 4 nitrogen and oxygen atoms in total. The van der Waals surface area contributed by atoms with Gasteiger partial charge in [-0.1, -0.05) is 45.0 Å². The summed E-state index contributed by atoms with van der Waals surface area (Å²) in [5.41, 5.74) is 2.94. The maximum Gasteiger partial charge on any atom is 0.221 e. The van der Waals surface area contributed by atoms with Crippen LogP contribution in [0, 0.1) is 5.41 Å². The predicted octanol–water partition coefficient (Wildman–Crippen LogP) is 3.03. The highest BCUT2D eigenvalue weighted by atomic mass is 35.5. The molecule has 0 fully saturated rings. The van der Waals surface area contributed by atoms with Crippen molar-refractivity contribution in [3.05, 3.63) is 35.4 Å². The third-order valence-corrected chi connectivity index (χ3v) is 4.63. The summed E-state index contributed by atoms with van der Waals surface area (Å²) in [7, 11) is 1.87. The summed E-state index contributed by atoms with van der Waals surface area (Å²) in [6.45, 7) is 10.3. The lowest BCUT2D eigenvalue weighted by Crippen LogP contribution is -2.51. The van der Waals surface area contributed by atoms with Crippen molar-refractivity contribution < 1.29 is 4.79 Å². The van der Waals surface area contributed by atoms with E-state index in [2.05, 4.69) is 60.6 Å². The molecule has 1 aromatic rings. The number of nitrogens with zero attached hydrogens (tertiary/aromatic N) is 1. The second-order valence-electron chi connectivity index (χ2n) is 7.59. The number of carbonyl (C=O) groups excluding carboxylic acids is 1. The van der Waals surface area contributed by atoms with Crippen molar-refractivity contribution in [1.82, 2.24) is 15.5 Å². The van der Waals surface area contributed by atoms with E-state index in [1.807, 2.05) is 7.05 Å². The van der Waals surface area contributed by atoms with Crippen molar-refractivity contribution >= 4 is 30.7 Å². The molecule has 1 amide bonds. The van der Waals surface area contributed by atoms with Crippen LogP contribution < -0.4 is 10.6 Å². The second kappa shape index (κ2) is 11.0. The highest BCUT2D eigenvalue weighted by Gasteiger charge is 2.29. The topological polar surface area (TPSA) is 44.4 Å². The molecule has 0 aromatic heterocycles. The molecule has 2 N–H and O–H groups in total. The number of rotatable bonds is 6. The minimum atomic E-state index is 0. The Morgan fingerprint density at radius 3 is 2.44 bits per heavy atom. The maximum atomic E-state index is 12.1. The Kier molecular flexibility index (Phi) is 10.7. The van der Waals surface area contributed by atoms with Crippen LogP contribution in [0.5, 0.6) is 0 Å². The number of benzene rings is 1. The van der Waals surface area contributed by atoms with Gasteiger partial charge < -0.3 is 10.6 Å². The number of nitrogens with one attached hydrogen (secondary N) is 2. The monoisotopic (exact) mass is 389 g/mol. The van der Waals surface area contributed by atoms with Crippen LogP contribution in [0.2, 0.25) is 0 Å². The minimum Gasteiger partial charge on any atom is -0.352 e. The van der Waals surface area contributed by atoms with Gasteiger partial charge in [-0.2, -0.15) is 0 Å². The predicted molar refractivity (Wildman–Crippen MR) is 110 cm³/mol. The van der Waals surface area contributed by atoms with Gasteiger partial charge in [0.25, 0.3) is 0 Å². The van der Waals surface area contributed by atoms with Crippen molar-refractivity contribution in [2.45, 2.75) is 46.2 Å². The third kappa shape index (κ3) is 7.53. The SMILES string of the molecule is CNCCC(=O)NC(CN1CCc2ccccc2C1)C(C)(C)C.Cl.Cl. The summed E-state index contributed by atoms with van der Waals surface area (Å²) in [5, 5.41) is 6.27. The Balaban J connectivity index is 0.00000288. The average Bonchev–Trinajstić information content (AvgIpc) is 2.51. The van der Waals surface area contributed by atoms with E-state index < -0.39 is 0 Å². The minimum absolute atomic E-state index is 0. The van der Waals surface area contributed by atoms with E-state index in [4.69, 9.17) is 0 Å². The summed E-state index contributed by atoms with van der Waals surface area (Å²) >= 11 is 0. The van der Waals surface area contributed by atoms with E-state index >= 15 is 0 Å². The van der Waals surface area contributed by atoms with E-state index in [0.717, 1.165) is 32.6 Å². The zero-order valence-corrected chi connectivity index (χ0v) is 17.4. The zero-order chi connectivity index (χ0) is 16.9. The molecule has 2 rings (SSSR count). The fraction of sp³-hybridized carbons (Fsp3) is 0.632. The molecule has 0 bridgehead atoms. The van der Waals surface area contributed by atoms with Crippen molar-refractivity contribution in [3.8, 4) is 0 Å². The molecule has 0 aliphatic carbocycles. The van der Waals surface area contributed by atoms with Gasteiger partial charge in [-0.15, -0.1) is 24.8 Å². The lowest BCUT2D eigenvalue weighted by atomic mass is 9.85. The Morgan fingerprint density at radius 1 is 1.20 bits per heavy atom. The quantitative estimate of drug-likeness (QED) is 0.785. The van der Waals surface area contributed by atoms with Crippen molar-refractivity contribution in [3.63, 3.8) is 0 Å². The van der Waals surface area contributed by atoms with Gasteiger partial charge >= 0.3 is 0 Å².